The molecule has 0 radical (unpaired) electrons. The summed E-state index contributed by atoms with van der Waals surface area (Å²) in [6.07, 6.45) is 0. The summed E-state index contributed by atoms with van der Waals surface area (Å²) in [5.74, 6) is 0. The molecule has 0 atom stereocenters. The smallest absolute Gasteiger partial charge is 0.136 e. The number of para-hydroxylation sites is 1. The first-order valence-electron chi connectivity index (χ1n) is 25.6. The van der Waals surface area contributed by atoms with Gasteiger partial charge in [-0.1, -0.05) is 188 Å². The Morgan fingerprint density at radius 2 is 1.00 bits per heavy atom. The van der Waals surface area contributed by atoms with E-state index in [0.29, 0.717) is 22.3 Å². The molecular formula is C59H39NO. The third kappa shape index (κ3) is 5.50. The van der Waals surface area contributed by atoms with Crippen LogP contribution >= 0.6 is 0 Å². The van der Waals surface area contributed by atoms with Gasteiger partial charge in [-0.15, -0.1) is 0 Å². The van der Waals surface area contributed by atoms with Crippen LogP contribution in [0.1, 0.15) is 37.3 Å². The SMILES string of the molecule is [2H]c1c([2H])c([2H])c2c(c1[2H])-c1c([2H])c([2H])c(N(c3ccc(-c4cccc5oc6ccccc6c45)cc3)c3c([2H])c([2H])c(-c4cccc5ccccc45)c([2H])c3[2H])c([2H])c1C2(c1ccccc1)c1ccccc1. The molecule has 10 aromatic carbocycles. The van der Waals surface area contributed by atoms with Crippen LogP contribution in [0.25, 0.3) is 66.1 Å². The molecule has 0 bridgehead atoms. The van der Waals surface area contributed by atoms with Crippen molar-refractivity contribution in [2.45, 2.75) is 5.41 Å². The van der Waals surface area contributed by atoms with E-state index in [1.54, 1.807) is 48.5 Å². The van der Waals surface area contributed by atoms with E-state index in [1.165, 1.54) is 4.90 Å². The Hall–Kier alpha value is -7.94. The van der Waals surface area contributed by atoms with E-state index in [9.17, 15) is 12.3 Å². The molecule has 0 unspecified atom stereocenters. The number of rotatable bonds is 7. The van der Waals surface area contributed by atoms with Crippen molar-refractivity contribution in [3.8, 4) is 33.4 Å². The summed E-state index contributed by atoms with van der Waals surface area (Å²) in [6.45, 7) is 0. The van der Waals surface area contributed by atoms with Crippen molar-refractivity contribution >= 4 is 49.8 Å². The van der Waals surface area contributed by atoms with Gasteiger partial charge in [0, 0.05) is 27.8 Å². The highest BCUT2D eigenvalue weighted by Crippen LogP contribution is 2.57. The zero-order chi connectivity index (χ0) is 49.9. The normalized spacial score (nSPS) is 15.2. The van der Waals surface area contributed by atoms with Gasteiger partial charge >= 0.3 is 0 Å². The second-order valence-electron chi connectivity index (χ2n) is 15.1. The number of anilines is 3. The lowest BCUT2D eigenvalue weighted by atomic mass is 9.67. The van der Waals surface area contributed by atoms with Crippen LogP contribution in [0.4, 0.5) is 17.1 Å². The summed E-state index contributed by atoms with van der Waals surface area (Å²) >= 11 is 0. The summed E-state index contributed by atoms with van der Waals surface area (Å²) in [4.78, 5) is 1.37. The molecule has 12 rings (SSSR count). The number of hydrogen-bond donors (Lipinski definition) is 0. The standard InChI is InChI=1S/C59H39NO/c1-3-17-43(18-4-1)59(44-19-5-2-6-20-44)54-26-11-9-22-51(54)52-38-37-47(39-55(52)59)60(45-33-29-41(30-34-45)49-24-13-16-40-15-7-8-21-48(40)49)46-35-31-42(32-36-46)50-25-14-28-57-58(50)53-23-10-12-27-56(53)61-57/h1-39H/i9D,11D,22D,26D,29D,30D,33D,34D,37D,38D,39D. The van der Waals surface area contributed by atoms with Gasteiger partial charge in [-0.05, 0) is 115 Å². The number of fused-ring (bicyclic) bond motifs is 7. The van der Waals surface area contributed by atoms with E-state index in [-0.39, 0.29) is 69.0 Å². The summed E-state index contributed by atoms with van der Waals surface area (Å²) in [5.41, 5.74) is 3.02. The number of nitrogens with zero attached hydrogens (tertiary/aromatic N) is 1. The quantitative estimate of drug-likeness (QED) is 0.160. The molecule has 0 spiro atoms. The van der Waals surface area contributed by atoms with Crippen LogP contribution < -0.4 is 4.90 Å². The van der Waals surface area contributed by atoms with Crippen LogP contribution in [0.2, 0.25) is 0 Å². The molecule has 0 amide bonds. The van der Waals surface area contributed by atoms with E-state index in [2.05, 4.69) is 0 Å². The fourth-order valence-electron chi connectivity index (χ4n) is 9.17. The van der Waals surface area contributed by atoms with E-state index in [4.69, 9.17) is 7.16 Å². The van der Waals surface area contributed by atoms with Crippen LogP contribution in [0.5, 0.6) is 0 Å². The largest absolute Gasteiger partial charge is 0.456 e. The second kappa shape index (κ2) is 14.1. The Morgan fingerprint density at radius 3 is 1.79 bits per heavy atom. The third-order valence-corrected chi connectivity index (χ3v) is 11.9. The zero-order valence-corrected chi connectivity index (χ0v) is 32.5. The molecule has 0 aliphatic heterocycles. The fraction of sp³-hybridized carbons (Fsp3) is 0.0169. The Labute approximate surface area is 370 Å². The molecule has 0 fully saturated rings. The maximum absolute atomic E-state index is 10.6. The zero-order valence-electron chi connectivity index (χ0n) is 43.5. The maximum Gasteiger partial charge on any atom is 0.136 e. The Balaban J connectivity index is 1.19. The van der Waals surface area contributed by atoms with Crippen molar-refractivity contribution in [1.29, 1.82) is 0 Å². The van der Waals surface area contributed by atoms with Crippen LogP contribution in [-0.2, 0) is 5.41 Å². The molecule has 0 saturated heterocycles. The van der Waals surface area contributed by atoms with E-state index in [0.717, 1.165) is 38.3 Å². The average Bonchev–Trinajstić information content (AvgIpc) is 3.97. The molecule has 1 heterocycles. The van der Waals surface area contributed by atoms with Gasteiger partial charge in [-0.2, -0.15) is 0 Å². The first-order chi connectivity index (χ1) is 34.9. The summed E-state index contributed by atoms with van der Waals surface area (Å²) in [7, 11) is 0. The average molecular weight is 789 g/mol. The van der Waals surface area contributed by atoms with Gasteiger partial charge in [-0.25, -0.2) is 0 Å². The molecule has 2 nitrogen and oxygen atoms in total. The molecule has 286 valence electrons. The first kappa shape index (κ1) is 25.5. The highest BCUT2D eigenvalue weighted by molar-refractivity contribution is 6.12. The van der Waals surface area contributed by atoms with Gasteiger partial charge in [0.05, 0.1) is 20.5 Å². The monoisotopic (exact) mass is 788 g/mol. The van der Waals surface area contributed by atoms with Gasteiger partial charge in [0.2, 0.25) is 0 Å². The second-order valence-corrected chi connectivity index (χ2v) is 15.1. The number of furan rings is 1. The third-order valence-electron chi connectivity index (χ3n) is 11.9. The highest BCUT2D eigenvalue weighted by atomic mass is 16.3. The van der Waals surface area contributed by atoms with Crippen LogP contribution in [0.3, 0.4) is 0 Å². The minimum Gasteiger partial charge on any atom is -0.456 e. The Bertz CT molecular complexity index is 3990. The predicted molar refractivity (Wildman–Crippen MR) is 254 cm³/mol. The van der Waals surface area contributed by atoms with Gasteiger partial charge in [-0.3, -0.25) is 0 Å². The molecule has 61 heavy (non-hydrogen) atoms. The van der Waals surface area contributed by atoms with E-state index < -0.39 is 47.7 Å². The number of benzene rings is 10. The summed E-state index contributed by atoms with van der Waals surface area (Å²) < 4.78 is 113. The lowest BCUT2D eigenvalue weighted by Crippen LogP contribution is -2.28. The number of hydrogen-bond acceptors (Lipinski definition) is 2. The maximum atomic E-state index is 10.6. The molecule has 1 aliphatic rings. The minimum absolute atomic E-state index is 0.00259. The Kier molecular flexibility index (Phi) is 5.91. The predicted octanol–water partition coefficient (Wildman–Crippen LogP) is 15.9. The van der Waals surface area contributed by atoms with Crippen molar-refractivity contribution in [2.24, 2.45) is 0 Å². The van der Waals surface area contributed by atoms with Crippen molar-refractivity contribution in [3.63, 3.8) is 0 Å². The van der Waals surface area contributed by atoms with Crippen molar-refractivity contribution < 1.29 is 19.5 Å². The van der Waals surface area contributed by atoms with Crippen molar-refractivity contribution in [3.05, 3.63) is 259 Å². The first-order valence-corrected chi connectivity index (χ1v) is 20.1. The summed E-state index contributed by atoms with van der Waals surface area (Å²) in [5, 5.41) is 3.39. The van der Waals surface area contributed by atoms with Crippen molar-refractivity contribution in [1.82, 2.24) is 0 Å². The lowest BCUT2D eigenvalue weighted by Gasteiger charge is -2.35. The topological polar surface area (TPSA) is 16.4 Å². The van der Waals surface area contributed by atoms with Crippen LogP contribution in [-0.4, -0.2) is 0 Å². The summed E-state index contributed by atoms with van der Waals surface area (Å²) in [6, 6.07) is 47.1. The molecule has 11 aromatic rings. The highest BCUT2D eigenvalue weighted by Gasteiger charge is 2.46. The fourth-order valence-corrected chi connectivity index (χ4v) is 9.17. The molecule has 1 aromatic heterocycles. The van der Waals surface area contributed by atoms with Crippen molar-refractivity contribution in [2.75, 3.05) is 4.90 Å². The minimum atomic E-state index is -1.66. The Morgan fingerprint density at radius 1 is 0.393 bits per heavy atom. The molecule has 0 saturated carbocycles. The molecule has 2 heteroatoms. The lowest BCUT2D eigenvalue weighted by molar-refractivity contribution is 0.669. The van der Waals surface area contributed by atoms with E-state index in [1.807, 2.05) is 121 Å². The molecule has 0 N–H and O–H groups in total. The van der Waals surface area contributed by atoms with Gasteiger partial charge in [0.25, 0.3) is 0 Å². The van der Waals surface area contributed by atoms with Crippen LogP contribution in [0, 0.1) is 0 Å². The van der Waals surface area contributed by atoms with Gasteiger partial charge in [0.1, 0.15) is 11.2 Å². The van der Waals surface area contributed by atoms with Gasteiger partial charge < -0.3 is 9.32 Å². The molecular weight excluding hydrogens is 739 g/mol. The van der Waals surface area contributed by atoms with Crippen LogP contribution in [0.15, 0.2) is 241 Å². The van der Waals surface area contributed by atoms with Gasteiger partial charge in [0.15, 0.2) is 0 Å². The molecule has 1 aliphatic carbocycles. The van der Waals surface area contributed by atoms with E-state index >= 15 is 0 Å².